The first kappa shape index (κ1) is 11.9. The minimum absolute atomic E-state index is 0.0252. The highest BCUT2D eigenvalue weighted by atomic mass is 32.2. The van der Waals surface area contributed by atoms with Gasteiger partial charge in [-0.3, -0.25) is 0 Å². The highest BCUT2D eigenvalue weighted by molar-refractivity contribution is 7.91. The predicted molar refractivity (Wildman–Crippen MR) is 54.6 cm³/mol. The second-order valence-corrected chi connectivity index (χ2v) is 6.63. The Balaban J connectivity index is 2.22. The highest BCUT2D eigenvalue weighted by Crippen LogP contribution is 2.38. The summed E-state index contributed by atoms with van der Waals surface area (Å²) in [6, 6.07) is -0.0252. The van der Waals surface area contributed by atoms with Crippen LogP contribution in [-0.4, -0.2) is 31.6 Å². The second kappa shape index (κ2) is 4.14. The third-order valence-electron chi connectivity index (χ3n) is 2.78. The maximum atomic E-state index is 13.6. The van der Waals surface area contributed by atoms with Gasteiger partial charge in [-0.25, -0.2) is 12.8 Å². The van der Waals surface area contributed by atoms with Gasteiger partial charge in [0.25, 0.3) is 0 Å². The average molecular weight is 223 g/mol. The van der Waals surface area contributed by atoms with Crippen molar-refractivity contribution in [2.75, 3.05) is 11.5 Å². The molecular weight excluding hydrogens is 205 g/mol. The molecule has 0 radical (unpaired) electrons. The maximum absolute atomic E-state index is 13.6. The molecule has 0 aliphatic heterocycles. The van der Waals surface area contributed by atoms with E-state index in [0.717, 1.165) is 0 Å². The summed E-state index contributed by atoms with van der Waals surface area (Å²) in [6.07, 6.45) is 1.53. The molecular formula is C9H18FNO2S. The highest BCUT2D eigenvalue weighted by Gasteiger charge is 2.42. The molecule has 0 heterocycles. The molecule has 0 unspecified atom stereocenters. The number of alkyl halides is 1. The zero-order chi connectivity index (χ0) is 10.8. The normalized spacial score (nSPS) is 32.6. The van der Waals surface area contributed by atoms with Crippen LogP contribution in [0, 0.1) is 0 Å². The molecule has 1 aliphatic rings. The van der Waals surface area contributed by atoms with Gasteiger partial charge in [-0.05, 0) is 25.7 Å². The lowest BCUT2D eigenvalue weighted by molar-refractivity contribution is 0.0346. The van der Waals surface area contributed by atoms with Crippen molar-refractivity contribution in [1.29, 1.82) is 0 Å². The molecule has 0 bridgehead atoms. The Labute approximate surface area is 84.8 Å². The number of halogens is 1. The quantitative estimate of drug-likeness (QED) is 0.757. The molecule has 1 rings (SSSR count). The fourth-order valence-corrected chi connectivity index (χ4v) is 2.71. The van der Waals surface area contributed by atoms with E-state index in [9.17, 15) is 12.8 Å². The number of nitrogens with two attached hydrogens (primary N) is 1. The van der Waals surface area contributed by atoms with Crippen LogP contribution in [0.5, 0.6) is 0 Å². The van der Waals surface area contributed by atoms with Gasteiger partial charge in [0, 0.05) is 11.8 Å². The van der Waals surface area contributed by atoms with Gasteiger partial charge in [0.1, 0.15) is 15.5 Å². The van der Waals surface area contributed by atoms with E-state index < -0.39 is 15.5 Å². The van der Waals surface area contributed by atoms with Crippen molar-refractivity contribution in [3.8, 4) is 0 Å². The van der Waals surface area contributed by atoms with Crippen LogP contribution in [-0.2, 0) is 9.84 Å². The fraction of sp³-hybridized carbons (Fsp3) is 1.00. The zero-order valence-corrected chi connectivity index (χ0v) is 9.32. The van der Waals surface area contributed by atoms with E-state index >= 15 is 0 Å². The van der Waals surface area contributed by atoms with Crippen LogP contribution in [0.4, 0.5) is 4.39 Å². The van der Waals surface area contributed by atoms with Gasteiger partial charge in [-0.15, -0.1) is 0 Å². The fourth-order valence-electron chi connectivity index (χ4n) is 1.84. The lowest BCUT2D eigenvalue weighted by atomic mass is 9.75. The molecule has 1 aliphatic carbocycles. The molecule has 0 spiro atoms. The van der Waals surface area contributed by atoms with Crippen LogP contribution in [0.25, 0.3) is 0 Å². The summed E-state index contributed by atoms with van der Waals surface area (Å²) in [6.45, 7) is 1.61. The molecule has 0 amide bonds. The number of rotatable bonds is 5. The van der Waals surface area contributed by atoms with E-state index in [1.165, 1.54) is 0 Å². The third-order valence-corrected chi connectivity index (χ3v) is 4.57. The van der Waals surface area contributed by atoms with Crippen LogP contribution in [0.15, 0.2) is 0 Å². The Morgan fingerprint density at radius 3 is 2.50 bits per heavy atom. The molecule has 0 aromatic carbocycles. The Bertz CT molecular complexity index is 283. The topological polar surface area (TPSA) is 60.2 Å². The standard InChI is InChI=1S/C9H18FNO2S/c1-2-14(12,13)5-3-4-9(10)6-8(11)7-9/h8H,2-7,11H2,1H3. The summed E-state index contributed by atoms with van der Waals surface area (Å²) in [7, 11) is -2.94. The summed E-state index contributed by atoms with van der Waals surface area (Å²) in [4.78, 5) is 0. The van der Waals surface area contributed by atoms with E-state index in [2.05, 4.69) is 0 Å². The van der Waals surface area contributed by atoms with Gasteiger partial charge in [0.05, 0.1) is 5.75 Å². The van der Waals surface area contributed by atoms with E-state index in [-0.39, 0.29) is 17.5 Å². The van der Waals surface area contributed by atoms with Gasteiger partial charge in [-0.1, -0.05) is 6.92 Å². The van der Waals surface area contributed by atoms with Crippen LogP contribution in [0.3, 0.4) is 0 Å². The summed E-state index contributed by atoms with van der Waals surface area (Å²) in [5.41, 5.74) is 4.30. The minimum Gasteiger partial charge on any atom is -0.327 e. The smallest absolute Gasteiger partial charge is 0.150 e. The van der Waals surface area contributed by atoms with Crippen molar-refractivity contribution < 1.29 is 12.8 Å². The van der Waals surface area contributed by atoms with Gasteiger partial charge in [-0.2, -0.15) is 0 Å². The van der Waals surface area contributed by atoms with Crippen LogP contribution in [0.1, 0.15) is 32.6 Å². The van der Waals surface area contributed by atoms with Gasteiger partial charge >= 0.3 is 0 Å². The van der Waals surface area contributed by atoms with E-state index in [1.54, 1.807) is 6.92 Å². The molecule has 1 saturated carbocycles. The number of hydrogen-bond acceptors (Lipinski definition) is 3. The van der Waals surface area contributed by atoms with Crippen LogP contribution < -0.4 is 5.73 Å². The predicted octanol–water partition coefficient (Wildman–Crippen LogP) is 1.03. The van der Waals surface area contributed by atoms with Gasteiger partial charge < -0.3 is 5.73 Å². The van der Waals surface area contributed by atoms with Crippen molar-refractivity contribution in [3.63, 3.8) is 0 Å². The summed E-state index contributed by atoms with van der Waals surface area (Å²) < 4.78 is 35.8. The molecule has 5 heteroatoms. The first-order chi connectivity index (χ1) is 6.37. The van der Waals surface area contributed by atoms with Crippen LogP contribution in [0.2, 0.25) is 0 Å². The molecule has 0 aromatic heterocycles. The Kier molecular flexibility index (Phi) is 3.53. The second-order valence-electron chi connectivity index (χ2n) is 4.16. The van der Waals surface area contributed by atoms with Crippen LogP contribution >= 0.6 is 0 Å². The molecule has 84 valence electrons. The maximum Gasteiger partial charge on any atom is 0.150 e. The van der Waals surface area contributed by atoms with Crippen molar-refractivity contribution in [1.82, 2.24) is 0 Å². The summed E-state index contributed by atoms with van der Waals surface area (Å²) in [5, 5.41) is 0. The zero-order valence-electron chi connectivity index (χ0n) is 8.50. The molecule has 3 nitrogen and oxygen atoms in total. The monoisotopic (exact) mass is 223 g/mol. The lowest BCUT2D eigenvalue weighted by Crippen LogP contribution is -2.48. The molecule has 1 fully saturated rings. The Morgan fingerprint density at radius 2 is 2.07 bits per heavy atom. The molecule has 0 atom stereocenters. The van der Waals surface area contributed by atoms with Crippen molar-refractivity contribution in [2.24, 2.45) is 5.73 Å². The molecule has 14 heavy (non-hydrogen) atoms. The van der Waals surface area contributed by atoms with Crippen molar-refractivity contribution in [3.05, 3.63) is 0 Å². The summed E-state index contributed by atoms with van der Waals surface area (Å²) >= 11 is 0. The number of hydrogen-bond donors (Lipinski definition) is 1. The lowest BCUT2D eigenvalue weighted by Gasteiger charge is -2.39. The average Bonchev–Trinajstić information content (AvgIpc) is 2.01. The van der Waals surface area contributed by atoms with E-state index in [0.29, 0.717) is 25.7 Å². The van der Waals surface area contributed by atoms with E-state index in [4.69, 9.17) is 5.73 Å². The van der Waals surface area contributed by atoms with E-state index in [1.807, 2.05) is 0 Å². The molecule has 0 saturated heterocycles. The van der Waals surface area contributed by atoms with Crippen molar-refractivity contribution >= 4 is 9.84 Å². The SMILES string of the molecule is CCS(=O)(=O)CCCC1(F)CC(N)C1. The van der Waals surface area contributed by atoms with Crippen molar-refractivity contribution in [2.45, 2.75) is 44.3 Å². The largest absolute Gasteiger partial charge is 0.327 e. The van der Waals surface area contributed by atoms with Gasteiger partial charge in [0.2, 0.25) is 0 Å². The Morgan fingerprint density at radius 1 is 1.50 bits per heavy atom. The molecule has 0 aromatic rings. The summed E-state index contributed by atoms with van der Waals surface area (Å²) in [5.74, 6) is 0.246. The van der Waals surface area contributed by atoms with Gasteiger partial charge in [0.15, 0.2) is 0 Å². The minimum atomic E-state index is -2.94. The molecule has 2 N–H and O–H groups in total. The first-order valence-corrected chi connectivity index (χ1v) is 6.84. The first-order valence-electron chi connectivity index (χ1n) is 5.02. The Hall–Kier alpha value is -0.160. The third kappa shape index (κ3) is 3.20. The number of sulfone groups is 1.